The number of hydrogen-bond donors (Lipinski definition) is 0. The SMILES string of the molecule is C=CCN(C(=O)Cn1c(=O)c2c(C)cc(C)nc2n(-c2ccccc2)c1=O)c1ccccc1. The summed E-state index contributed by atoms with van der Waals surface area (Å²) in [5, 5.41) is 0.312. The molecule has 4 aromatic rings. The third-order valence-electron chi connectivity index (χ3n) is 5.41. The van der Waals surface area contributed by atoms with Gasteiger partial charge in [0.25, 0.3) is 5.56 Å². The molecule has 0 spiro atoms. The van der Waals surface area contributed by atoms with Crippen LogP contribution in [0.1, 0.15) is 11.3 Å². The van der Waals surface area contributed by atoms with Crippen LogP contribution in [0.5, 0.6) is 0 Å². The molecular weight excluding hydrogens is 416 g/mol. The highest BCUT2D eigenvalue weighted by molar-refractivity contribution is 5.93. The van der Waals surface area contributed by atoms with Gasteiger partial charge in [-0.2, -0.15) is 0 Å². The highest BCUT2D eigenvalue weighted by atomic mass is 16.2. The predicted octanol–water partition coefficient (Wildman–Crippen LogP) is 3.38. The second kappa shape index (κ2) is 9.08. The van der Waals surface area contributed by atoms with E-state index in [9.17, 15) is 14.4 Å². The van der Waals surface area contributed by atoms with Crippen LogP contribution in [-0.4, -0.2) is 26.6 Å². The second-order valence-corrected chi connectivity index (χ2v) is 7.75. The summed E-state index contributed by atoms with van der Waals surface area (Å²) in [6.07, 6.45) is 1.60. The Balaban J connectivity index is 1.93. The fourth-order valence-electron chi connectivity index (χ4n) is 3.93. The van der Waals surface area contributed by atoms with Gasteiger partial charge < -0.3 is 4.90 Å². The second-order valence-electron chi connectivity index (χ2n) is 7.75. The molecule has 1 amide bonds. The van der Waals surface area contributed by atoms with Crippen LogP contribution in [0.2, 0.25) is 0 Å². The van der Waals surface area contributed by atoms with Crippen LogP contribution >= 0.6 is 0 Å². The van der Waals surface area contributed by atoms with Crippen LogP contribution < -0.4 is 16.1 Å². The summed E-state index contributed by atoms with van der Waals surface area (Å²) >= 11 is 0. The van der Waals surface area contributed by atoms with Crippen molar-refractivity contribution in [3.63, 3.8) is 0 Å². The number of anilines is 1. The highest BCUT2D eigenvalue weighted by Crippen LogP contribution is 2.17. The molecule has 7 heteroatoms. The molecule has 0 atom stereocenters. The van der Waals surface area contributed by atoms with Crippen LogP contribution in [0, 0.1) is 13.8 Å². The van der Waals surface area contributed by atoms with E-state index in [2.05, 4.69) is 11.6 Å². The van der Waals surface area contributed by atoms with Gasteiger partial charge in [0.05, 0.1) is 11.1 Å². The maximum absolute atomic E-state index is 13.6. The Morgan fingerprint density at radius 1 is 1.03 bits per heavy atom. The molecule has 33 heavy (non-hydrogen) atoms. The Morgan fingerprint density at radius 2 is 1.67 bits per heavy atom. The lowest BCUT2D eigenvalue weighted by molar-refractivity contribution is -0.119. The number of aryl methyl sites for hydroxylation is 2. The van der Waals surface area contributed by atoms with Gasteiger partial charge in [-0.15, -0.1) is 6.58 Å². The fourth-order valence-corrected chi connectivity index (χ4v) is 3.93. The van der Waals surface area contributed by atoms with E-state index in [1.54, 1.807) is 55.5 Å². The van der Waals surface area contributed by atoms with Gasteiger partial charge in [0, 0.05) is 17.9 Å². The van der Waals surface area contributed by atoms with Crippen molar-refractivity contribution in [2.24, 2.45) is 0 Å². The Hall–Kier alpha value is -4.26. The van der Waals surface area contributed by atoms with Crippen molar-refractivity contribution in [3.8, 4) is 5.69 Å². The molecule has 0 saturated heterocycles. The minimum Gasteiger partial charge on any atom is -0.307 e. The van der Waals surface area contributed by atoms with Crippen LogP contribution in [0.3, 0.4) is 0 Å². The number of pyridine rings is 1. The van der Waals surface area contributed by atoms with Crippen LogP contribution in [0.4, 0.5) is 5.69 Å². The monoisotopic (exact) mass is 440 g/mol. The van der Waals surface area contributed by atoms with E-state index in [1.807, 2.05) is 31.2 Å². The van der Waals surface area contributed by atoms with Gasteiger partial charge in [-0.25, -0.2) is 18.9 Å². The van der Waals surface area contributed by atoms with Gasteiger partial charge in [-0.3, -0.25) is 9.59 Å². The molecule has 0 unspecified atom stereocenters. The topological polar surface area (TPSA) is 77.2 Å². The van der Waals surface area contributed by atoms with E-state index in [0.717, 1.165) is 4.57 Å². The van der Waals surface area contributed by atoms with E-state index < -0.39 is 23.7 Å². The number of amides is 1. The van der Waals surface area contributed by atoms with Crippen LogP contribution in [-0.2, 0) is 11.3 Å². The molecule has 7 nitrogen and oxygen atoms in total. The first-order chi connectivity index (χ1) is 15.9. The third-order valence-corrected chi connectivity index (χ3v) is 5.41. The molecule has 0 N–H and O–H groups in total. The first-order valence-corrected chi connectivity index (χ1v) is 10.6. The van der Waals surface area contributed by atoms with Crippen LogP contribution in [0.15, 0.2) is 89.0 Å². The van der Waals surface area contributed by atoms with Crippen molar-refractivity contribution in [2.75, 3.05) is 11.4 Å². The minimum atomic E-state index is -0.615. The number of aromatic nitrogens is 3. The molecule has 0 aliphatic heterocycles. The average molecular weight is 441 g/mol. The van der Waals surface area contributed by atoms with E-state index >= 15 is 0 Å². The summed E-state index contributed by atoms with van der Waals surface area (Å²) in [4.78, 5) is 46.3. The van der Waals surface area contributed by atoms with Crippen molar-refractivity contribution in [1.29, 1.82) is 0 Å². The van der Waals surface area contributed by atoms with Crippen molar-refractivity contribution < 1.29 is 4.79 Å². The Bertz CT molecular complexity index is 1450. The highest BCUT2D eigenvalue weighted by Gasteiger charge is 2.22. The fraction of sp³-hybridized carbons (Fsp3) is 0.154. The average Bonchev–Trinajstić information content (AvgIpc) is 2.81. The maximum atomic E-state index is 13.6. The molecule has 2 aromatic carbocycles. The quantitative estimate of drug-likeness (QED) is 0.431. The predicted molar refractivity (Wildman–Crippen MR) is 130 cm³/mol. The smallest absolute Gasteiger partial charge is 0.307 e. The molecule has 0 aliphatic carbocycles. The summed E-state index contributed by atoms with van der Waals surface area (Å²) in [5.74, 6) is -0.392. The molecular formula is C26H24N4O3. The van der Waals surface area contributed by atoms with Gasteiger partial charge in [0.2, 0.25) is 5.91 Å². The zero-order valence-electron chi connectivity index (χ0n) is 18.6. The molecule has 0 aliphatic rings. The maximum Gasteiger partial charge on any atom is 0.337 e. The number of carbonyl (C=O) groups is 1. The van der Waals surface area contributed by atoms with E-state index in [1.165, 1.54) is 9.47 Å². The van der Waals surface area contributed by atoms with Crippen molar-refractivity contribution in [2.45, 2.75) is 20.4 Å². The lowest BCUT2D eigenvalue weighted by Crippen LogP contribution is -2.45. The summed E-state index contributed by atoms with van der Waals surface area (Å²) < 4.78 is 2.38. The number of para-hydroxylation sites is 2. The number of carbonyl (C=O) groups excluding carboxylic acids is 1. The number of nitrogens with zero attached hydrogens (tertiary/aromatic N) is 4. The zero-order valence-corrected chi connectivity index (χ0v) is 18.6. The number of benzene rings is 2. The normalized spacial score (nSPS) is 10.8. The molecule has 0 saturated carbocycles. The lowest BCUT2D eigenvalue weighted by Gasteiger charge is -2.22. The largest absolute Gasteiger partial charge is 0.337 e. The first-order valence-electron chi connectivity index (χ1n) is 10.6. The molecule has 0 bridgehead atoms. The third kappa shape index (κ3) is 4.13. The van der Waals surface area contributed by atoms with Gasteiger partial charge in [0.15, 0.2) is 5.65 Å². The molecule has 2 heterocycles. The number of hydrogen-bond acceptors (Lipinski definition) is 4. The Morgan fingerprint density at radius 3 is 2.30 bits per heavy atom. The summed E-state index contributed by atoms with van der Waals surface area (Å²) in [6.45, 7) is 7.19. The van der Waals surface area contributed by atoms with E-state index in [-0.39, 0.29) is 12.2 Å². The summed E-state index contributed by atoms with van der Waals surface area (Å²) in [7, 11) is 0. The van der Waals surface area contributed by atoms with Gasteiger partial charge >= 0.3 is 5.69 Å². The zero-order chi connectivity index (χ0) is 23.5. The van der Waals surface area contributed by atoms with Gasteiger partial charge in [0.1, 0.15) is 6.54 Å². The molecule has 0 radical (unpaired) electrons. The van der Waals surface area contributed by atoms with Gasteiger partial charge in [-0.05, 0) is 49.7 Å². The van der Waals surface area contributed by atoms with Crippen molar-refractivity contribution in [3.05, 3.63) is 111 Å². The van der Waals surface area contributed by atoms with Crippen molar-refractivity contribution >= 4 is 22.6 Å². The first kappa shape index (κ1) is 22.0. The number of rotatable bonds is 6. The van der Waals surface area contributed by atoms with Gasteiger partial charge in [-0.1, -0.05) is 42.5 Å². The summed E-state index contributed by atoms with van der Waals surface area (Å²) in [6, 6.07) is 19.9. The van der Waals surface area contributed by atoms with E-state index in [4.69, 9.17) is 0 Å². The minimum absolute atomic E-state index is 0.248. The lowest BCUT2D eigenvalue weighted by atomic mass is 10.1. The standard InChI is InChI=1S/C26H24N4O3/c1-4-15-28(20-11-7-5-8-12-20)22(31)17-29-25(32)23-18(2)16-19(3)27-24(23)30(26(29)33)21-13-9-6-10-14-21/h4-14,16H,1,15,17H2,2-3H3. The molecule has 166 valence electrons. The molecule has 2 aromatic heterocycles. The molecule has 0 fully saturated rings. The molecule has 4 rings (SSSR count). The van der Waals surface area contributed by atoms with Crippen molar-refractivity contribution in [1.82, 2.24) is 14.1 Å². The Kier molecular flexibility index (Phi) is 6.04. The Labute approximate surface area is 190 Å². The van der Waals surface area contributed by atoms with E-state index in [0.29, 0.717) is 28.0 Å². The summed E-state index contributed by atoms with van der Waals surface area (Å²) in [5.41, 5.74) is 1.75. The number of fused-ring (bicyclic) bond motifs is 1. The van der Waals surface area contributed by atoms with Crippen LogP contribution in [0.25, 0.3) is 16.7 Å².